The average molecular weight is 524 g/mol. The Kier molecular flexibility index (Phi) is 9.11. The smallest absolute Gasteiger partial charge is 0.306 e. The molecule has 39 heavy (non-hydrogen) atoms. The molecule has 200 valence electrons. The highest BCUT2D eigenvalue weighted by molar-refractivity contribution is 5.99. The summed E-state index contributed by atoms with van der Waals surface area (Å²) in [6, 6.07) is 27.6. The zero-order chi connectivity index (χ0) is 27.7. The molecule has 1 aliphatic rings. The predicted octanol–water partition coefficient (Wildman–Crippen LogP) is 4.66. The molecule has 3 aromatic rings. The number of esters is 1. The molecule has 1 atom stereocenters. The fourth-order valence-corrected chi connectivity index (χ4v) is 4.92. The quantitative estimate of drug-likeness (QED) is 0.411. The van der Waals surface area contributed by atoms with Crippen LogP contribution in [0.1, 0.15) is 53.2 Å². The van der Waals surface area contributed by atoms with Gasteiger partial charge in [0, 0.05) is 31.5 Å². The van der Waals surface area contributed by atoms with Gasteiger partial charge in [0.25, 0.3) is 5.91 Å². The van der Waals surface area contributed by atoms with Crippen molar-refractivity contribution in [2.75, 3.05) is 13.1 Å². The number of nitriles is 1. The van der Waals surface area contributed by atoms with Gasteiger partial charge in [0.05, 0.1) is 11.6 Å². The second-order valence-electron chi connectivity index (χ2n) is 10.2. The number of carbonyl (C=O) groups excluding carboxylic acids is 3. The molecular formula is C32H33N3O4. The lowest BCUT2D eigenvalue weighted by molar-refractivity contribution is -0.146. The van der Waals surface area contributed by atoms with Gasteiger partial charge in [-0.25, -0.2) is 0 Å². The van der Waals surface area contributed by atoms with Gasteiger partial charge in [0.15, 0.2) is 0 Å². The first-order valence-corrected chi connectivity index (χ1v) is 13.2. The van der Waals surface area contributed by atoms with Crippen LogP contribution in [0.3, 0.4) is 0 Å². The van der Waals surface area contributed by atoms with E-state index in [1.807, 2.05) is 66.7 Å². The maximum absolute atomic E-state index is 13.9. The first kappa shape index (κ1) is 27.6. The van der Waals surface area contributed by atoms with E-state index in [2.05, 4.69) is 5.32 Å². The Bertz CT molecular complexity index is 1310. The van der Waals surface area contributed by atoms with Crippen LogP contribution in [-0.2, 0) is 27.4 Å². The number of carbonyl (C=O) groups is 3. The van der Waals surface area contributed by atoms with E-state index < -0.39 is 5.54 Å². The number of nitrogens with one attached hydrogen (secondary N) is 1. The number of hydrogen-bond donors (Lipinski definition) is 1. The van der Waals surface area contributed by atoms with Gasteiger partial charge in [-0.3, -0.25) is 14.4 Å². The normalized spacial score (nSPS) is 15.0. The largest absolute Gasteiger partial charge is 0.461 e. The van der Waals surface area contributed by atoms with Gasteiger partial charge >= 0.3 is 5.97 Å². The van der Waals surface area contributed by atoms with E-state index in [4.69, 9.17) is 10.00 Å². The Labute approximate surface area is 229 Å². The molecule has 1 aliphatic heterocycles. The van der Waals surface area contributed by atoms with Crippen molar-refractivity contribution in [2.24, 2.45) is 5.92 Å². The number of nitrogens with zero attached hydrogens (tertiary/aromatic N) is 2. The summed E-state index contributed by atoms with van der Waals surface area (Å²) in [5.74, 6) is -0.612. The fraction of sp³-hybridized carbons (Fsp3) is 0.312. The fourth-order valence-electron chi connectivity index (χ4n) is 4.92. The Hall–Kier alpha value is -4.44. The minimum Gasteiger partial charge on any atom is -0.461 e. The lowest BCUT2D eigenvalue weighted by Crippen LogP contribution is -2.60. The molecule has 2 amide bonds. The minimum atomic E-state index is -1.17. The summed E-state index contributed by atoms with van der Waals surface area (Å²) in [5, 5.41) is 12.0. The van der Waals surface area contributed by atoms with Crippen molar-refractivity contribution in [2.45, 2.75) is 44.8 Å². The molecule has 1 N–H and O–H groups in total. The third kappa shape index (κ3) is 7.55. The van der Waals surface area contributed by atoms with Crippen molar-refractivity contribution in [3.63, 3.8) is 0 Å². The molecule has 7 nitrogen and oxygen atoms in total. The summed E-state index contributed by atoms with van der Waals surface area (Å²) >= 11 is 0. The topological polar surface area (TPSA) is 99.5 Å². The van der Waals surface area contributed by atoms with Crippen molar-refractivity contribution < 1.29 is 19.1 Å². The number of amides is 2. The third-order valence-corrected chi connectivity index (χ3v) is 7.14. The van der Waals surface area contributed by atoms with Crippen LogP contribution in [0.4, 0.5) is 0 Å². The Morgan fingerprint density at radius 2 is 1.51 bits per heavy atom. The van der Waals surface area contributed by atoms with Crippen LogP contribution in [0.2, 0.25) is 0 Å². The summed E-state index contributed by atoms with van der Waals surface area (Å²) in [6.07, 6.45) is 2.04. The summed E-state index contributed by atoms with van der Waals surface area (Å²) in [4.78, 5) is 41.2. The first-order chi connectivity index (χ1) is 18.9. The number of hydrogen-bond acceptors (Lipinski definition) is 5. The number of rotatable bonds is 9. The van der Waals surface area contributed by atoms with Crippen LogP contribution in [-0.4, -0.2) is 41.3 Å². The van der Waals surface area contributed by atoms with E-state index in [1.165, 1.54) is 0 Å². The minimum absolute atomic E-state index is 0.144. The molecular weight excluding hydrogens is 490 g/mol. The van der Waals surface area contributed by atoms with Crippen LogP contribution in [0, 0.1) is 17.2 Å². The zero-order valence-corrected chi connectivity index (χ0v) is 22.1. The highest BCUT2D eigenvalue weighted by atomic mass is 16.5. The summed E-state index contributed by atoms with van der Waals surface area (Å²) in [7, 11) is 0. The molecule has 0 spiro atoms. The summed E-state index contributed by atoms with van der Waals surface area (Å²) < 4.78 is 5.44. The monoisotopic (exact) mass is 523 g/mol. The molecule has 3 aromatic carbocycles. The molecule has 1 saturated heterocycles. The van der Waals surface area contributed by atoms with Crippen LogP contribution in [0.15, 0.2) is 84.9 Å². The van der Waals surface area contributed by atoms with E-state index in [0.717, 1.165) is 11.1 Å². The van der Waals surface area contributed by atoms with Crippen molar-refractivity contribution in [1.82, 2.24) is 10.2 Å². The summed E-state index contributed by atoms with van der Waals surface area (Å²) in [6.45, 7) is 3.03. The average Bonchev–Trinajstić information content (AvgIpc) is 2.97. The first-order valence-electron chi connectivity index (χ1n) is 13.2. The maximum atomic E-state index is 13.9. The lowest BCUT2D eigenvalue weighted by atomic mass is 9.88. The molecule has 0 saturated carbocycles. The highest BCUT2D eigenvalue weighted by Gasteiger charge is 2.40. The lowest BCUT2D eigenvalue weighted by Gasteiger charge is -2.39. The Morgan fingerprint density at radius 1 is 0.923 bits per heavy atom. The molecule has 4 rings (SSSR count). The Balaban J connectivity index is 1.38. The number of ether oxygens (including phenoxy) is 1. The Morgan fingerprint density at radius 3 is 2.10 bits per heavy atom. The third-order valence-electron chi connectivity index (χ3n) is 7.14. The molecule has 0 bridgehead atoms. The van der Waals surface area contributed by atoms with Crippen LogP contribution >= 0.6 is 0 Å². The number of likely N-dealkylation sites (tertiary alicyclic amines) is 1. The van der Waals surface area contributed by atoms with E-state index >= 15 is 0 Å². The van der Waals surface area contributed by atoms with E-state index in [1.54, 1.807) is 36.1 Å². The van der Waals surface area contributed by atoms with Crippen molar-refractivity contribution in [1.29, 1.82) is 5.26 Å². The molecule has 0 radical (unpaired) electrons. The van der Waals surface area contributed by atoms with Crippen LogP contribution in [0.5, 0.6) is 0 Å². The number of piperidine rings is 1. The second-order valence-corrected chi connectivity index (χ2v) is 10.2. The van der Waals surface area contributed by atoms with E-state index in [0.29, 0.717) is 49.9 Å². The second kappa shape index (κ2) is 12.9. The van der Waals surface area contributed by atoms with Crippen LogP contribution in [0.25, 0.3) is 0 Å². The molecule has 0 aliphatic carbocycles. The molecule has 1 fully saturated rings. The van der Waals surface area contributed by atoms with Gasteiger partial charge in [0.2, 0.25) is 5.91 Å². The summed E-state index contributed by atoms with van der Waals surface area (Å²) in [5.41, 5.74) is 1.56. The van der Waals surface area contributed by atoms with Crippen molar-refractivity contribution >= 4 is 17.8 Å². The molecule has 0 unspecified atom stereocenters. The van der Waals surface area contributed by atoms with Gasteiger partial charge in [-0.05, 0) is 61.1 Å². The molecule has 7 heteroatoms. The van der Waals surface area contributed by atoms with E-state index in [9.17, 15) is 14.4 Å². The van der Waals surface area contributed by atoms with Gasteiger partial charge < -0.3 is 15.0 Å². The zero-order valence-electron chi connectivity index (χ0n) is 22.1. The molecule has 1 heterocycles. The van der Waals surface area contributed by atoms with Gasteiger partial charge in [0.1, 0.15) is 12.1 Å². The van der Waals surface area contributed by atoms with Crippen LogP contribution < -0.4 is 5.32 Å². The van der Waals surface area contributed by atoms with Crippen molar-refractivity contribution in [3.05, 3.63) is 107 Å². The SMILES string of the molecule is C[C@@](Cc1ccccc1)(NC(=O)c1ccc(C#N)cc1)C(=O)N1CCC(CC(=O)OCc2ccccc2)CC1. The predicted molar refractivity (Wildman–Crippen MR) is 147 cm³/mol. The standard InChI is InChI=1S/C32H33N3O4/c1-32(21-25-8-4-2-5-9-25,34-30(37)28-14-12-26(22-33)13-15-28)31(38)35-18-16-24(17-19-35)20-29(36)39-23-27-10-6-3-7-11-27/h2-15,24H,16-21,23H2,1H3,(H,34,37)/t32-/m0/s1. The van der Waals surface area contributed by atoms with Gasteiger partial charge in [-0.2, -0.15) is 5.26 Å². The number of benzene rings is 3. The van der Waals surface area contributed by atoms with Crippen molar-refractivity contribution in [3.8, 4) is 6.07 Å². The highest BCUT2D eigenvalue weighted by Crippen LogP contribution is 2.25. The van der Waals surface area contributed by atoms with E-state index in [-0.39, 0.29) is 30.3 Å². The molecule has 0 aromatic heterocycles. The maximum Gasteiger partial charge on any atom is 0.306 e. The van der Waals surface area contributed by atoms with Gasteiger partial charge in [-0.15, -0.1) is 0 Å². The van der Waals surface area contributed by atoms with Gasteiger partial charge in [-0.1, -0.05) is 60.7 Å².